The summed E-state index contributed by atoms with van der Waals surface area (Å²) >= 11 is 14.1. The van der Waals surface area contributed by atoms with Crippen molar-refractivity contribution in [2.45, 2.75) is 33.4 Å². The van der Waals surface area contributed by atoms with E-state index in [9.17, 15) is 9.59 Å². The van der Waals surface area contributed by atoms with E-state index in [1.165, 1.54) is 6.21 Å². The van der Waals surface area contributed by atoms with Crippen LogP contribution in [0, 0.1) is 3.57 Å². The number of hydrazone groups is 1. The lowest BCUT2D eigenvalue weighted by molar-refractivity contribution is -0.139. The fraction of sp³-hybridized carbons (Fsp3) is 0.250. The molecule has 1 aliphatic rings. The van der Waals surface area contributed by atoms with E-state index in [4.69, 9.17) is 42.8 Å². The van der Waals surface area contributed by atoms with E-state index in [2.05, 4.69) is 43.8 Å². The number of hydrogen-bond acceptors (Lipinski definition) is 8. The molecule has 1 amide bonds. The first-order valence-corrected chi connectivity index (χ1v) is 15.9. The van der Waals surface area contributed by atoms with Gasteiger partial charge in [0.2, 0.25) is 0 Å². The molecule has 1 aliphatic heterocycles. The highest BCUT2D eigenvalue weighted by Gasteiger charge is 2.32. The third-order valence-corrected chi connectivity index (χ3v) is 7.60. The lowest BCUT2D eigenvalue weighted by Gasteiger charge is -2.30. The number of amides is 1. The highest BCUT2D eigenvalue weighted by atomic mass is 127. The van der Waals surface area contributed by atoms with Gasteiger partial charge in [-0.3, -0.25) is 4.79 Å². The number of hydrogen-bond donors (Lipinski definition) is 3. The van der Waals surface area contributed by atoms with E-state index in [1.807, 2.05) is 31.2 Å². The molecule has 0 bridgehead atoms. The number of nitrogens with zero attached hydrogens (tertiary/aromatic N) is 1. The third-order valence-electron chi connectivity index (χ3n) is 6.38. The minimum atomic E-state index is -0.636. The summed E-state index contributed by atoms with van der Waals surface area (Å²) in [6.45, 7) is 5.95. The zero-order chi connectivity index (χ0) is 32.3. The summed E-state index contributed by atoms with van der Waals surface area (Å²) in [7, 11) is 0. The molecular formula is C32H32ClIN4O6S. The Bertz CT molecular complexity index is 1620. The second-order valence-corrected chi connectivity index (χ2v) is 11.6. The Morgan fingerprint density at radius 1 is 1.04 bits per heavy atom. The van der Waals surface area contributed by atoms with Crippen LogP contribution in [0.3, 0.4) is 0 Å². The van der Waals surface area contributed by atoms with Gasteiger partial charge in [-0.1, -0.05) is 41.9 Å². The monoisotopic (exact) mass is 762 g/mol. The van der Waals surface area contributed by atoms with Crippen molar-refractivity contribution >= 4 is 69.6 Å². The van der Waals surface area contributed by atoms with E-state index in [0.29, 0.717) is 63.0 Å². The molecule has 1 heterocycles. The molecule has 0 aliphatic carbocycles. The molecular weight excluding hydrogens is 731 g/mol. The summed E-state index contributed by atoms with van der Waals surface area (Å²) in [6, 6.07) is 17.8. The van der Waals surface area contributed by atoms with Gasteiger partial charge in [0.25, 0.3) is 5.91 Å². The van der Waals surface area contributed by atoms with Crippen LogP contribution in [0.1, 0.15) is 43.5 Å². The first-order valence-electron chi connectivity index (χ1n) is 14.0. The lowest BCUT2D eigenvalue weighted by Crippen LogP contribution is -2.45. The molecule has 3 N–H and O–H groups in total. The summed E-state index contributed by atoms with van der Waals surface area (Å²) in [5.74, 6) is 0.289. The third kappa shape index (κ3) is 9.31. The van der Waals surface area contributed by atoms with Gasteiger partial charge in [0.05, 0.1) is 36.1 Å². The number of thiocarbonyl (C=S) groups is 1. The molecule has 0 aromatic heterocycles. The van der Waals surface area contributed by atoms with Crippen molar-refractivity contribution in [2.75, 3.05) is 19.8 Å². The number of nitrogens with one attached hydrogen (secondary N) is 3. The van der Waals surface area contributed by atoms with Crippen molar-refractivity contribution < 1.29 is 28.5 Å². The molecule has 3 aromatic rings. The Morgan fingerprint density at radius 3 is 2.53 bits per heavy atom. The largest absolute Gasteiger partial charge is 0.490 e. The van der Waals surface area contributed by atoms with Gasteiger partial charge in [-0.25, -0.2) is 10.2 Å². The van der Waals surface area contributed by atoms with Crippen molar-refractivity contribution in [1.29, 1.82) is 0 Å². The van der Waals surface area contributed by atoms with Gasteiger partial charge in [-0.05, 0) is 97.0 Å². The number of benzene rings is 3. The van der Waals surface area contributed by atoms with Crippen LogP contribution in [-0.2, 0) is 20.9 Å². The minimum Gasteiger partial charge on any atom is -0.490 e. The molecule has 4 rings (SSSR count). The molecule has 1 atom stereocenters. The highest BCUT2D eigenvalue weighted by molar-refractivity contribution is 14.1. The van der Waals surface area contributed by atoms with Crippen molar-refractivity contribution in [3.8, 4) is 17.2 Å². The van der Waals surface area contributed by atoms with Crippen molar-refractivity contribution in [1.82, 2.24) is 16.1 Å². The number of para-hydroxylation sites is 1. The van der Waals surface area contributed by atoms with Gasteiger partial charge in [-0.15, -0.1) is 0 Å². The first-order chi connectivity index (χ1) is 21.7. The van der Waals surface area contributed by atoms with E-state index >= 15 is 0 Å². The quantitative estimate of drug-likeness (QED) is 0.0653. The molecule has 45 heavy (non-hydrogen) atoms. The molecule has 0 saturated carbocycles. The predicted octanol–water partition coefficient (Wildman–Crippen LogP) is 5.81. The lowest BCUT2D eigenvalue weighted by atomic mass is 9.95. The zero-order valence-corrected chi connectivity index (χ0v) is 28.5. The average molecular weight is 763 g/mol. The van der Waals surface area contributed by atoms with Crippen molar-refractivity contribution in [2.24, 2.45) is 5.10 Å². The van der Waals surface area contributed by atoms with Gasteiger partial charge in [0.15, 0.2) is 23.2 Å². The summed E-state index contributed by atoms with van der Waals surface area (Å²) in [5.41, 5.74) is 5.60. The second-order valence-electron chi connectivity index (χ2n) is 9.59. The Morgan fingerprint density at radius 2 is 1.80 bits per heavy atom. The van der Waals surface area contributed by atoms with Crippen LogP contribution in [-0.4, -0.2) is 43.0 Å². The Hall–Kier alpha value is -3.88. The smallest absolute Gasteiger partial charge is 0.338 e. The maximum absolute atomic E-state index is 12.8. The maximum Gasteiger partial charge on any atom is 0.338 e. The van der Waals surface area contributed by atoms with Crippen LogP contribution in [0.2, 0.25) is 5.02 Å². The number of rotatable bonds is 13. The molecule has 0 fully saturated rings. The number of allylic oxidation sites excluding steroid dienone is 1. The molecule has 0 saturated heterocycles. The van der Waals surface area contributed by atoms with Gasteiger partial charge in [0, 0.05) is 14.8 Å². The molecule has 236 valence electrons. The Kier molecular flexibility index (Phi) is 12.4. The van der Waals surface area contributed by atoms with Crippen LogP contribution in [0.5, 0.6) is 17.2 Å². The summed E-state index contributed by atoms with van der Waals surface area (Å²) < 4.78 is 24.0. The number of ether oxygens (including phenoxy) is 4. The fourth-order valence-electron chi connectivity index (χ4n) is 4.41. The summed E-state index contributed by atoms with van der Waals surface area (Å²) in [4.78, 5) is 25.4. The van der Waals surface area contributed by atoms with Crippen LogP contribution in [0.15, 0.2) is 77.0 Å². The van der Waals surface area contributed by atoms with Gasteiger partial charge < -0.3 is 29.6 Å². The van der Waals surface area contributed by atoms with Crippen LogP contribution >= 0.6 is 46.4 Å². The fourth-order valence-corrected chi connectivity index (χ4v) is 5.32. The highest BCUT2D eigenvalue weighted by Crippen LogP contribution is 2.37. The summed E-state index contributed by atoms with van der Waals surface area (Å²) in [6.07, 6.45) is 1.45. The van der Waals surface area contributed by atoms with Crippen molar-refractivity contribution in [3.63, 3.8) is 0 Å². The zero-order valence-electron chi connectivity index (χ0n) is 24.8. The second kappa shape index (κ2) is 16.4. The van der Waals surface area contributed by atoms with E-state index in [1.54, 1.807) is 50.2 Å². The van der Waals surface area contributed by atoms with Gasteiger partial charge in [0.1, 0.15) is 12.4 Å². The predicted molar refractivity (Wildman–Crippen MR) is 185 cm³/mol. The first kappa shape index (κ1) is 34.0. The SMILES string of the molecule is CCOC(=O)C1=C(C)NC(=S)N[C@@H]1c1ccccc1OCC(=O)NN=Cc1cc(Cl)c(OCc2ccc(I)cc2)c(OCC)c1. The van der Waals surface area contributed by atoms with Gasteiger partial charge >= 0.3 is 5.97 Å². The van der Waals surface area contributed by atoms with Crippen LogP contribution < -0.4 is 30.3 Å². The number of carbonyl (C=O) groups excluding carboxylic acids is 2. The maximum atomic E-state index is 12.8. The number of carbonyl (C=O) groups is 2. The molecule has 0 radical (unpaired) electrons. The average Bonchev–Trinajstić information content (AvgIpc) is 3.00. The number of esters is 1. The Balaban J connectivity index is 1.41. The molecule has 0 unspecified atom stereocenters. The molecule has 10 nitrogen and oxygen atoms in total. The topological polar surface area (TPSA) is 120 Å². The molecule has 13 heteroatoms. The minimum absolute atomic E-state index is 0.219. The van der Waals surface area contributed by atoms with Crippen LogP contribution in [0.25, 0.3) is 0 Å². The molecule has 3 aromatic carbocycles. The normalized spacial score (nSPS) is 14.4. The van der Waals surface area contributed by atoms with E-state index < -0.39 is 17.9 Å². The van der Waals surface area contributed by atoms with E-state index in [-0.39, 0.29) is 13.2 Å². The van der Waals surface area contributed by atoms with Crippen molar-refractivity contribution in [3.05, 3.63) is 97.2 Å². The Labute approximate surface area is 285 Å². The van der Waals surface area contributed by atoms with Gasteiger partial charge in [-0.2, -0.15) is 5.10 Å². The van der Waals surface area contributed by atoms with E-state index in [0.717, 1.165) is 9.13 Å². The standard InChI is InChI=1S/C32H32ClIN4O6S/c1-4-41-26-15-21(14-24(33)30(26)44-17-20-10-12-22(34)13-11-20)16-35-38-27(39)18-43-25-9-7-6-8-23(25)29-28(31(40)42-5-2)19(3)36-32(45)37-29/h6-16,29H,4-5,17-18H2,1-3H3,(H,38,39)(H2,36,37,45)/t29-/m1/s1. The number of halogens is 2. The molecule has 0 spiro atoms. The van der Waals surface area contributed by atoms with Crippen LogP contribution in [0.4, 0.5) is 0 Å². The summed E-state index contributed by atoms with van der Waals surface area (Å²) in [5, 5.41) is 10.8.